The number of hydrogen-bond acceptors (Lipinski definition) is 5. The van der Waals surface area contributed by atoms with Crippen LogP contribution in [-0.2, 0) is 11.2 Å². The fourth-order valence-corrected chi connectivity index (χ4v) is 3.62. The van der Waals surface area contributed by atoms with Crippen LogP contribution in [0.5, 0.6) is 0 Å². The molecule has 0 saturated heterocycles. The van der Waals surface area contributed by atoms with Crippen molar-refractivity contribution in [3.05, 3.63) is 65.0 Å². The van der Waals surface area contributed by atoms with Crippen LogP contribution in [0.15, 0.2) is 42.7 Å². The Balaban J connectivity index is 1.86. The van der Waals surface area contributed by atoms with E-state index in [0.29, 0.717) is 37.1 Å². The number of amides is 3. The van der Waals surface area contributed by atoms with Crippen molar-refractivity contribution in [1.29, 1.82) is 0 Å². The van der Waals surface area contributed by atoms with Crippen molar-refractivity contribution in [3.63, 3.8) is 0 Å². The van der Waals surface area contributed by atoms with Gasteiger partial charge < -0.3 is 20.6 Å². The average Bonchev–Trinajstić information content (AvgIpc) is 2.82. The molecule has 0 fully saturated rings. The molecule has 0 spiro atoms. The summed E-state index contributed by atoms with van der Waals surface area (Å²) in [7, 11) is 0. The Kier molecular flexibility index (Phi) is 11.2. The lowest BCUT2D eigenvalue weighted by atomic mass is 10.0. The fourth-order valence-electron chi connectivity index (χ4n) is 3.62. The highest BCUT2D eigenvalue weighted by atomic mass is 16.3. The van der Waals surface area contributed by atoms with Gasteiger partial charge in [-0.15, -0.1) is 0 Å². The van der Waals surface area contributed by atoms with Crippen LogP contribution in [0, 0.1) is 6.92 Å². The van der Waals surface area contributed by atoms with E-state index in [1.165, 1.54) is 0 Å². The topological polar surface area (TPSA) is 112 Å². The van der Waals surface area contributed by atoms with Gasteiger partial charge in [-0.2, -0.15) is 0 Å². The van der Waals surface area contributed by atoms with Crippen LogP contribution in [0.4, 0.5) is 0 Å². The number of nitrogens with one attached hydrogen (secondary N) is 2. The van der Waals surface area contributed by atoms with Crippen LogP contribution >= 0.6 is 0 Å². The van der Waals surface area contributed by atoms with Gasteiger partial charge in [0.1, 0.15) is 6.23 Å². The van der Waals surface area contributed by atoms with E-state index in [2.05, 4.69) is 15.6 Å². The molecular formula is C26H36N4O4. The number of aryl methyl sites for hydroxylation is 2. The lowest BCUT2D eigenvalue weighted by molar-refractivity contribution is -0.121. The zero-order valence-corrected chi connectivity index (χ0v) is 20.3. The maximum absolute atomic E-state index is 12.9. The summed E-state index contributed by atoms with van der Waals surface area (Å²) in [6, 6.07) is 8.76. The van der Waals surface area contributed by atoms with Gasteiger partial charge in [0.05, 0.1) is 0 Å². The number of pyridine rings is 1. The van der Waals surface area contributed by atoms with Crippen molar-refractivity contribution < 1.29 is 19.5 Å². The Bertz CT molecular complexity index is 943. The first-order valence-corrected chi connectivity index (χ1v) is 11.9. The lowest BCUT2D eigenvalue weighted by Crippen LogP contribution is -2.38. The largest absolute Gasteiger partial charge is 0.374 e. The second-order valence-corrected chi connectivity index (χ2v) is 8.37. The summed E-state index contributed by atoms with van der Waals surface area (Å²) in [5.74, 6) is -0.699. The minimum absolute atomic E-state index is 0.101. The number of benzene rings is 1. The summed E-state index contributed by atoms with van der Waals surface area (Å²) in [4.78, 5) is 43.4. The number of aliphatic hydroxyl groups excluding tert-OH is 1. The van der Waals surface area contributed by atoms with E-state index < -0.39 is 12.1 Å². The van der Waals surface area contributed by atoms with Gasteiger partial charge in [-0.05, 0) is 61.6 Å². The molecule has 3 N–H and O–H groups in total. The third-order valence-corrected chi connectivity index (χ3v) is 5.26. The lowest BCUT2D eigenvalue weighted by Gasteiger charge is -2.22. The van der Waals surface area contributed by atoms with Crippen LogP contribution in [-0.4, -0.2) is 58.6 Å². The number of carbonyl (C=O) groups excluding carboxylic acids is 3. The molecule has 0 radical (unpaired) electrons. The molecule has 2 rings (SSSR count). The number of nitrogens with zero attached hydrogens (tertiary/aromatic N) is 2. The predicted octanol–water partition coefficient (Wildman–Crippen LogP) is 2.84. The Labute approximate surface area is 201 Å². The summed E-state index contributed by atoms with van der Waals surface area (Å²) in [5, 5.41) is 15.5. The molecule has 0 bridgehead atoms. The Morgan fingerprint density at radius 3 is 2.44 bits per heavy atom. The van der Waals surface area contributed by atoms with Gasteiger partial charge in [0, 0.05) is 56.0 Å². The van der Waals surface area contributed by atoms with Crippen LogP contribution < -0.4 is 10.6 Å². The maximum Gasteiger partial charge on any atom is 0.253 e. The molecule has 1 heterocycles. The molecule has 0 aliphatic carbocycles. The molecule has 184 valence electrons. The van der Waals surface area contributed by atoms with E-state index in [-0.39, 0.29) is 24.8 Å². The zero-order chi connectivity index (χ0) is 24.9. The minimum Gasteiger partial charge on any atom is -0.374 e. The van der Waals surface area contributed by atoms with Gasteiger partial charge >= 0.3 is 0 Å². The molecule has 34 heavy (non-hydrogen) atoms. The molecule has 1 aromatic heterocycles. The smallest absolute Gasteiger partial charge is 0.253 e. The number of rotatable bonds is 13. The Hall–Kier alpha value is -3.26. The van der Waals surface area contributed by atoms with Crippen molar-refractivity contribution >= 4 is 17.7 Å². The highest BCUT2D eigenvalue weighted by molar-refractivity contribution is 6.00. The zero-order valence-electron chi connectivity index (χ0n) is 20.3. The number of hydrogen-bond donors (Lipinski definition) is 3. The van der Waals surface area contributed by atoms with E-state index in [4.69, 9.17) is 0 Å². The fraction of sp³-hybridized carbons (Fsp3) is 0.462. The first-order valence-electron chi connectivity index (χ1n) is 11.9. The number of aromatic nitrogens is 1. The van der Waals surface area contributed by atoms with Gasteiger partial charge in [0.2, 0.25) is 5.91 Å². The SMILES string of the molecule is CCCN(CCC)C(=O)c1cc(C)cc(C(=O)NC(O)CCNC(=O)CCc2cccnc2)c1. The molecule has 0 aliphatic heterocycles. The van der Waals surface area contributed by atoms with Crippen molar-refractivity contribution in [2.45, 2.75) is 59.1 Å². The van der Waals surface area contributed by atoms with Gasteiger partial charge in [-0.25, -0.2) is 0 Å². The average molecular weight is 469 g/mol. The summed E-state index contributed by atoms with van der Waals surface area (Å²) < 4.78 is 0. The van der Waals surface area contributed by atoms with Crippen molar-refractivity contribution in [2.24, 2.45) is 0 Å². The molecule has 1 atom stereocenters. The second-order valence-electron chi connectivity index (χ2n) is 8.37. The number of carbonyl (C=O) groups is 3. The molecule has 1 unspecified atom stereocenters. The normalized spacial score (nSPS) is 11.5. The van der Waals surface area contributed by atoms with Crippen LogP contribution in [0.3, 0.4) is 0 Å². The van der Waals surface area contributed by atoms with Crippen LogP contribution in [0.1, 0.15) is 71.4 Å². The van der Waals surface area contributed by atoms with Crippen molar-refractivity contribution in [2.75, 3.05) is 19.6 Å². The first-order chi connectivity index (χ1) is 16.3. The molecule has 8 nitrogen and oxygen atoms in total. The van der Waals surface area contributed by atoms with Crippen molar-refractivity contribution in [1.82, 2.24) is 20.5 Å². The molecular weight excluding hydrogens is 432 g/mol. The van der Waals surface area contributed by atoms with E-state index in [0.717, 1.165) is 24.0 Å². The molecule has 2 aromatic rings. The predicted molar refractivity (Wildman–Crippen MR) is 131 cm³/mol. The minimum atomic E-state index is -1.12. The standard InChI is InChI=1S/C26H36N4O4/c1-4-13-30(14-5-2)26(34)22-16-19(3)15-21(17-22)25(33)29-24(32)10-12-28-23(31)9-8-20-7-6-11-27-18-20/h6-7,11,15-18,24,32H,4-5,8-10,12-14H2,1-3H3,(H,28,31)(H,29,33). The number of aliphatic hydroxyl groups is 1. The van der Waals surface area contributed by atoms with Gasteiger partial charge in [-0.3, -0.25) is 19.4 Å². The quantitative estimate of drug-likeness (QED) is 0.392. The van der Waals surface area contributed by atoms with Gasteiger partial charge in [-0.1, -0.05) is 19.9 Å². The summed E-state index contributed by atoms with van der Waals surface area (Å²) in [5.41, 5.74) is 2.55. The molecule has 3 amide bonds. The van der Waals surface area contributed by atoms with Gasteiger partial charge in [0.25, 0.3) is 11.8 Å². The molecule has 0 saturated carbocycles. The second kappa shape index (κ2) is 14.1. The highest BCUT2D eigenvalue weighted by Gasteiger charge is 2.18. The highest BCUT2D eigenvalue weighted by Crippen LogP contribution is 2.14. The van der Waals surface area contributed by atoms with E-state index in [1.807, 2.05) is 32.9 Å². The molecule has 0 aliphatic rings. The summed E-state index contributed by atoms with van der Waals surface area (Å²) >= 11 is 0. The maximum atomic E-state index is 12.9. The van der Waals surface area contributed by atoms with Crippen molar-refractivity contribution in [3.8, 4) is 0 Å². The first kappa shape index (κ1) is 27.0. The van der Waals surface area contributed by atoms with E-state index in [9.17, 15) is 19.5 Å². The van der Waals surface area contributed by atoms with Crippen LogP contribution in [0.2, 0.25) is 0 Å². The van der Waals surface area contributed by atoms with Crippen LogP contribution in [0.25, 0.3) is 0 Å². The molecule has 8 heteroatoms. The monoisotopic (exact) mass is 468 g/mol. The Morgan fingerprint density at radius 2 is 1.79 bits per heavy atom. The Morgan fingerprint density at radius 1 is 1.09 bits per heavy atom. The summed E-state index contributed by atoms with van der Waals surface area (Å²) in [6.07, 6.45) is 5.08. The third-order valence-electron chi connectivity index (χ3n) is 5.26. The molecule has 1 aromatic carbocycles. The third kappa shape index (κ3) is 8.94. The van der Waals surface area contributed by atoms with E-state index in [1.54, 1.807) is 35.5 Å². The summed E-state index contributed by atoms with van der Waals surface area (Å²) in [6.45, 7) is 7.43. The van der Waals surface area contributed by atoms with E-state index >= 15 is 0 Å². The van der Waals surface area contributed by atoms with Gasteiger partial charge in [0.15, 0.2) is 0 Å².